The van der Waals surface area contributed by atoms with E-state index in [2.05, 4.69) is 0 Å². The van der Waals surface area contributed by atoms with Crippen molar-refractivity contribution in [2.24, 2.45) is 0 Å². The molecule has 0 radical (unpaired) electrons. The van der Waals surface area contributed by atoms with Gasteiger partial charge in [0.1, 0.15) is 0 Å². The molecule has 0 rings (SSSR count). The van der Waals surface area contributed by atoms with Crippen molar-refractivity contribution in [1.29, 1.82) is 0 Å². The summed E-state index contributed by atoms with van der Waals surface area (Å²) in [5.41, 5.74) is 0. The van der Waals surface area contributed by atoms with Crippen molar-refractivity contribution in [3.05, 3.63) is 0 Å². The number of rotatable bonds is 5. The molecule has 0 aromatic heterocycles. The fourth-order valence-corrected chi connectivity index (χ4v) is 1.49. The minimum absolute atomic E-state index is 0.283. The Balaban J connectivity index is 2.83. The molecule has 0 aliphatic rings. The first-order valence-electron chi connectivity index (χ1n) is 2.59. The van der Waals surface area contributed by atoms with Crippen molar-refractivity contribution in [2.75, 3.05) is 17.4 Å². The number of hydrogen-bond donors (Lipinski definition) is 0. The number of alkyl halides is 1. The van der Waals surface area contributed by atoms with E-state index in [1.54, 1.807) is 0 Å². The summed E-state index contributed by atoms with van der Waals surface area (Å²) >= 11 is 12.0. The topological polar surface area (TPSA) is 17.1 Å². The van der Waals surface area contributed by atoms with E-state index in [-0.39, 0.29) is 5.24 Å². The highest BCUT2D eigenvalue weighted by Crippen LogP contribution is 2.04. The van der Waals surface area contributed by atoms with Gasteiger partial charge in [-0.3, -0.25) is 4.79 Å². The van der Waals surface area contributed by atoms with E-state index in [9.17, 15) is 4.79 Å². The lowest BCUT2D eigenvalue weighted by Crippen LogP contribution is -1.91. The average Bonchev–Trinajstić information content (AvgIpc) is 1.80. The third-order valence-corrected chi connectivity index (χ3v) is 2.24. The molecule has 0 aliphatic heterocycles. The Kier molecular flexibility index (Phi) is 7.16. The molecule has 0 atom stereocenters. The second kappa shape index (κ2) is 6.72. The molecule has 0 aromatic carbocycles. The van der Waals surface area contributed by atoms with Gasteiger partial charge in [0.25, 0.3) is 0 Å². The average molecular weight is 187 g/mol. The van der Waals surface area contributed by atoms with Gasteiger partial charge in [0.2, 0.25) is 5.24 Å². The molecule has 9 heavy (non-hydrogen) atoms. The van der Waals surface area contributed by atoms with Gasteiger partial charge in [0.15, 0.2) is 0 Å². The molecular weight excluding hydrogens is 179 g/mol. The molecule has 0 unspecified atom stereocenters. The molecule has 0 bridgehead atoms. The molecule has 0 aliphatic carbocycles. The van der Waals surface area contributed by atoms with Crippen LogP contribution in [-0.2, 0) is 4.79 Å². The summed E-state index contributed by atoms with van der Waals surface area (Å²) in [4.78, 5) is 10.1. The Morgan fingerprint density at radius 2 is 2.22 bits per heavy atom. The molecule has 0 heterocycles. The fraction of sp³-hybridized carbons (Fsp3) is 0.800. The third kappa shape index (κ3) is 8.60. The highest BCUT2D eigenvalue weighted by Gasteiger charge is 1.94. The van der Waals surface area contributed by atoms with Crippen LogP contribution >= 0.6 is 35.0 Å². The van der Waals surface area contributed by atoms with Crippen LogP contribution in [0.25, 0.3) is 0 Å². The summed E-state index contributed by atoms with van der Waals surface area (Å²) in [6, 6.07) is 0. The Bertz CT molecular complexity index is 87.0. The van der Waals surface area contributed by atoms with Gasteiger partial charge >= 0.3 is 0 Å². The zero-order chi connectivity index (χ0) is 7.11. The van der Waals surface area contributed by atoms with E-state index in [0.29, 0.717) is 11.6 Å². The first-order chi connectivity index (χ1) is 4.27. The highest BCUT2D eigenvalue weighted by atomic mass is 35.5. The van der Waals surface area contributed by atoms with Crippen LogP contribution in [0.3, 0.4) is 0 Å². The standard InChI is InChI=1S/C5H8Cl2OS/c6-2-1-3-9-4-5(7)8/h1-4H2. The van der Waals surface area contributed by atoms with Gasteiger partial charge in [0.05, 0.1) is 5.75 Å². The molecule has 54 valence electrons. The van der Waals surface area contributed by atoms with Crippen LogP contribution in [0.1, 0.15) is 6.42 Å². The van der Waals surface area contributed by atoms with Crippen LogP contribution in [0.4, 0.5) is 0 Å². The van der Waals surface area contributed by atoms with E-state index in [4.69, 9.17) is 23.2 Å². The van der Waals surface area contributed by atoms with E-state index in [0.717, 1.165) is 12.2 Å². The van der Waals surface area contributed by atoms with Crippen LogP contribution < -0.4 is 0 Å². The maximum atomic E-state index is 10.1. The van der Waals surface area contributed by atoms with Gasteiger partial charge < -0.3 is 0 Å². The molecule has 0 saturated carbocycles. The van der Waals surface area contributed by atoms with Crippen LogP contribution in [0.2, 0.25) is 0 Å². The van der Waals surface area contributed by atoms with E-state index in [1.165, 1.54) is 11.8 Å². The van der Waals surface area contributed by atoms with Gasteiger partial charge in [-0.15, -0.1) is 11.6 Å². The van der Waals surface area contributed by atoms with Crippen molar-refractivity contribution in [1.82, 2.24) is 0 Å². The van der Waals surface area contributed by atoms with Gasteiger partial charge in [0, 0.05) is 5.88 Å². The number of carbonyl (C=O) groups excluding carboxylic acids is 1. The smallest absolute Gasteiger partial charge is 0.231 e. The number of thioether (sulfide) groups is 1. The zero-order valence-electron chi connectivity index (χ0n) is 4.90. The van der Waals surface area contributed by atoms with Gasteiger partial charge in [-0.25, -0.2) is 0 Å². The van der Waals surface area contributed by atoms with Crippen molar-refractivity contribution < 1.29 is 4.79 Å². The summed E-state index contributed by atoms with van der Waals surface area (Å²) in [7, 11) is 0. The highest BCUT2D eigenvalue weighted by molar-refractivity contribution is 8.00. The second-order valence-electron chi connectivity index (χ2n) is 1.45. The Morgan fingerprint density at radius 1 is 1.56 bits per heavy atom. The van der Waals surface area contributed by atoms with Crippen LogP contribution in [0, 0.1) is 0 Å². The van der Waals surface area contributed by atoms with Crippen LogP contribution in [0.5, 0.6) is 0 Å². The lowest BCUT2D eigenvalue weighted by atomic mass is 10.6. The Morgan fingerprint density at radius 3 is 2.67 bits per heavy atom. The zero-order valence-corrected chi connectivity index (χ0v) is 7.23. The van der Waals surface area contributed by atoms with Gasteiger partial charge in [-0.1, -0.05) is 0 Å². The Labute approximate surface area is 69.1 Å². The SMILES string of the molecule is O=C(Cl)CSCCCCl. The maximum absolute atomic E-state index is 10.1. The number of hydrogen-bond acceptors (Lipinski definition) is 2. The molecule has 1 nitrogen and oxygen atoms in total. The predicted molar refractivity (Wildman–Crippen MR) is 43.5 cm³/mol. The maximum Gasteiger partial charge on any atom is 0.231 e. The number of carbonyl (C=O) groups is 1. The van der Waals surface area contributed by atoms with E-state index >= 15 is 0 Å². The molecule has 0 saturated heterocycles. The van der Waals surface area contributed by atoms with Crippen LogP contribution in [0.15, 0.2) is 0 Å². The van der Waals surface area contributed by atoms with Gasteiger partial charge in [-0.2, -0.15) is 11.8 Å². The van der Waals surface area contributed by atoms with Crippen molar-refractivity contribution in [2.45, 2.75) is 6.42 Å². The summed E-state index contributed by atoms with van der Waals surface area (Å²) in [5.74, 6) is 1.98. The summed E-state index contributed by atoms with van der Waals surface area (Å²) in [5, 5.41) is -0.283. The molecule has 0 spiro atoms. The third-order valence-electron chi connectivity index (χ3n) is 0.638. The largest absolute Gasteiger partial charge is 0.280 e. The number of halogens is 2. The molecule has 0 fully saturated rings. The van der Waals surface area contributed by atoms with E-state index < -0.39 is 0 Å². The lowest BCUT2D eigenvalue weighted by molar-refractivity contribution is -0.109. The quantitative estimate of drug-likeness (QED) is 0.372. The lowest BCUT2D eigenvalue weighted by Gasteiger charge is -1.92. The van der Waals surface area contributed by atoms with Gasteiger partial charge in [-0.05, 0) is 23.8 Å². The predicted octanol–water partition coefficient (Wildman–Crippen LogP) is 2.11. The molecule has 0 aromatic rings. The fourth-order valence-electron chi connectivity index (χ4n) is 0.309. The van der Waals surface area contributed by atoms with E-state index in [1.807, 2.05) is 0 Å². The minimum Gasteiger partial charge on any atom is -0.280 e. The molecule has 4 heteroatoms. The normalized spacial score (nSPS) is 9.56. The Hall–Kier alpha value is 0.600. The first-order valence-corrected chi connectivity index (χ1v) is 4.66. The first kappa shape index (κ1) is 9.60. The summed E-state index contributed by atoms with van der Waals surface area (Å²) < 4.78 is 0. The molecule has 0 N–H and O–H groups in total. The van der Waals surface area contributed by atoms with Crippen molar-refractivity contribution >= 4 is 40.2 Å². The molecule has 0 amide bonds. The minimum atomic E-state index is -0.283. The van der Waals surface area contributed by atoms with Crippen molar-refractivity contribution in [3.8, 4) is 0 Å². The summed E-state index contributed by atoms with van der Waals surface area (Å²) in [6.45, 7) is 0. The molecular formula is C5H8Cl2OS. The summed E-state index contributed by atoms with van der Waals surface area (Å²) in [6.07, 6.45) is 0.941. The van der Waals surface area contributed by atoms with Crippen molar-refractivity contribution in [3.63, 3.8) is 0 Å². The van der Waals surface area contributed by atoms with Crippen LogP contribution in [-0.4, -0.2) is 22.6 Å². The second-order valence-corrected chi connectivity index (χ2v) is 3.35. The monoisotopic (exact) mass is 186 g/mol.